The molecule has 0 aliphatic heterocycles. The van der Waals surface area contributed by atoms with Crippen molar-refractivity contribution in [3.63, 3.8) is 0 Å². The van der Waals surface area contributed by atoms with Crippen LogP contribution in [-0.2, 0) is 13.0 Å². The molecule has 0 aliphatic rings. The Kier molecular flexibility index (Phi) is 6.86. The number of guanidine groups is 1. The van der Waals surface area contributed by atoms with Crippen LogP contribution in [-0.4, -0.2) is 36.0 Å². The van der Waals surface area contributed by atoms with Gasteiger partial charge in [0.1, 0.15) is 0 Å². The predicted molar refractivity (Wildman–Crippen MR) is 99.5 cm³/mol. The van der Waals surface area contributed by atoms with Crippen molar-refractivity contribution >= 4 is 28.9 Å². The summed E-state index contributed by atoms with van der Waals surface area (Å²) in [5.41, 5.74) is 2.28. The van der Waals surface area contributed by atoms with Gasteiger partial charge >= 0.3 is 0 Å². The number of aryl methyl sites for hydroxylation is 1. The Bertz CT molecular complexity index is 654. The summed E-state index contributed by atoms with van der Waals surface area (Å²) >= 11 is 7.69. The fraction of sp³-hybridized carbons (Fsp3) is 0.412. The topological polar surface area (TPSA) is 40.5 Å². The Morgan fingerprint density at radius 3 is 2.91 bits per heavy atom. The Hall–Kier alpha value is -1.59. The van der Waals surface area contributed by atoms with Gasteiger partial charge in [-0.3, -0.25) is 4.99 Å². The van der Waals surface area contributed by atoms with Crippen molar-refractivity contribution in [2.45, 2.75) is 26.8 Å². The zero-order valence-electron chi connectivity index (χ0n) is 13.8. The maximum atomic E-state index is 6.02. The maximum absolute atomic E-state index is 6.02. The van der Waals surface area contributed by atoms with Gasteiger partial charge in [0.2, 0.25) is 0 Å². The number of nitrogens with zero attached hydrogens (tertiary/aromatic N) is 3. The summed E-state index contributed by atoms with van der Waals surface area (Å²) in [5, 5.41) is 7.30. The predicted octanol–water partition coefficient (Wildman–Crippen LogP) is 3.74. The van der Waals surface area contributed by atoms with Crippen LogP contribution >= 0.6 is 22.9 Å². The van der Waals surface area contributed by atoms with Crippen LogP contribution in [0.5, 0.6) is 0 Å². The number of hydrogen-bond acceptors (Lipinski definition) is 3. The van der Waals surface area contributed by atoms with Crippen molar-refractivity contribution in [1.82, 2.24) is 15.2 Å². The van der Waals surface area contributed by atoms with Gasteiger partial charge in [0, 0.05) is 30.5 Å². The van der Waals surface area contributed by atoms with Gasteiger partial charge < -0.3 is 10.2 Å². The van der Waals surface area contributed by atoms with Crippen LogP contribution in [0, 0.1) is 6.92 Å². The molecule has 1 aromatic carbocycles. The molecule has 4 nitrogen and oxygen atoms in total. The lowest BCUT2D eigenvalue weighted by atomic mass is 10.1. The van der Waals surface area contributed by atoms with Crippen LogP contribution in [0.25, 0.3) is 0 Å². The number of hydrogen-bond donors (Lipinski definition) is 1. The summed E-state index contributed by atoms with van der Waals surface area (Å²) in [7, 11) is 2.04. The molecule has 2 rings (SSSR count). The number of aliphatic imine (C=N–C) groups is 1. The molecule has 124 valence electrons. The van der Waals surface area contributed by atoms with Crippen molar-refractivity contribution in [1.29, 1.82) is 0 Å². The van der Waals surface area contributed by atoms with Gasteiger partial charge in [-0.25, -0.2) is 4.98 Å². The van der Waals surface area contributed by atoms with E-state index in [4.69, 9.17) is 16.6 Å². The third kappa shape index (κ3) is 5.84. The van der Waals surface area contributed by atoms with Crippen molar-refractivity contribution < 1.29 is 0 Å². The number of nitrogens with one attached hydrogen (secondary N) is 1. The van der Waals surface area contributed by atoms with Crippen LogP contribution in [0.15, 0.2) is 34.6 Å². The molecule has 0 atom stereocenters. The van der Waals surface area contributed by atoms with Crippen LogP contribution in [0.3, 0.4) is 0 Å². The Morgan fingerprint density at radius 2 is 2.26 bits per heavy atom. The number of benzene rings is 1. The van der Waals surface area contributed by atoms with Gasteiger partial charge in [0.15, 0.2) is 5.96 Å². The molecule has 0 aliphatic carbocycles. The molecule has 0 saturated carbocycles. The highest BCUT2D eigenvalue weighted by Gasteiger charge is 2.08. The van der Waals surface area contributed by atoms with Crippen LogP contribution < -0.4 is 5.32 Å². The normalized spacial score (nSPS) is 11.6. The van der Waals surface area contributed by atoms with E-state index < -0.39 is 0 Å². The lowest BCUT2D eigenvalue weighted by molar-refractivity contribution is 0.471. The molecule has 0 unspecified atom stereocenters. The van der Waals surface area contributed by atoms with Crippen molar-refractivity contribution in [3.8, 4) is 0 Å². The summed E-state index contributed by atoms with van der Waals surface area (Å²) in [6.07, 6.45) is 0.874. The lowest BCUT2D eigenvalue weighted by Crippen LogP contribution is -2.38. The molecule has 1 N–H and O–H groups in total. The first kappa shape index (κ1) is 17.8. The van der Waals surface area contributed by atoms with Gasteiger partial charge in [-0.2, -0.15) is 0 Å². The summed E-state index contributed by atoms with van der Waals surface area (Å²) in [6, 6.07) is 7.94. The zero-order chi connectivity index (χ0) is 16.7. The van der Waals surface area contributed by atoms with E-state index in [2.05, 4.69) is 33.6 Å². The largest absolute Gasteiger partial charge is 0.357 e. The van der Waals surface area contributed by atoms with Crippen LogP contribution in [0.1, 0.15) is 23.2 Å². The van der Waals surface area contributed by atoms with E-state index >= 15 is 0 Å². The van der Waals surface area contributed by atoms with Crippen molar-refractivity contribution in [3.05, 3.63) is 50.9 Å². The fourth-order valence-electron chi connectivity index (χ4n) is 2.25. The number of thiazole rings is 1. The van der Waals surface area contributed by atoms with Crippen LogP contribution in [0.2, 0.25) is 5.02 Å². The highest BCUT2D eigenvalue weighted by molar-refractivity contribution is 7.09. The quantitative estimate of drug-likeness (QED) is 0.637. The minimum atomic E-state index is 0.725. The summed E-state index contributed by atoms with van der Waals surface area (Å²) in [5.74, 6) is 0.903. The van der Waals surface area contributed by atoms with Crippen molar-refractivity contribution in [2.75, 3.05) is 20.1 Å². The average Bonchev–Trinajstić information content (AvgIpc) is 2.91. The van der Waals surface area contributed by atoms with Crippen molar-refractivity contribution in [2.24, 2.45) is 4.99 Å². The maximum Gasteiger partial charge on any atom is 0.194 e. The first-order valence-corrected chi connectivity index (χ1v) is 8.99. The highest BCUT2D eigenvalue weighted by atomic mass is 35.5. The molecule has 6 heteroatoms. The monoisotopic (exact) mass is 350 g/mol. The minimum Gasteiger partial charge on any atom is -0.357 e. The Morgan fingerprint density at radius 1 is 1.43 bits per heavy atom. The zero-order valence-corrected chi connectivity index (χ0v) is 15.4. The second-order valence-corrected chi connectivity index (χ2v) is 6.83. The standard InChI is InChI=1S/C17H23ClN4S/c1-4-19-17(22(3)11-16-12-23-13(2)21-16)20-9-8-14-6-5-7-15(18)10-14/h5-7,10,12H,4,8-9,11H2,1-3H3,(H,19,20). The van der Waals surface area contributed by atoms with E-state index in [9.17, 15) is 0 Å². The lowest BCUT2D eigenvalue weighted by Gasteiger charge is -2.21. The van der Waals surface area contributed by atoms with Gasteiger partial charge in [-0.05, 0) is 38.0 Å². The van der Waals surface area contributed by atoms with E-state index in [0.717, 1.165) is 47.7 Å². The molecule has 2 aromatic rings. The molecule has 0 fully saturated rings. The second-order valence-electron chi connectivity index (χ2n) is 5.33. The molecule has 0 spiro atoms. The van der Waals surface area contributed by atoms with Gasteiger partial charge in [0.25, 0.3) is 0 Å². The molecule has 0 saturated heterocycles. The number of aromatic nitrogens is 1. The average molecular weight is 351 g/mol. The molecule has 0 bridgehead atoms. The first-order chi connectivity index (χ1) is 11.1. The van der Waals surface area contributed by atoms with Gasteiger partial charge in [0.05, 0.1) is 17.2 Å². The van der Waals surface area contributed by atoms with E-state index in [-0.39, 0.29) is 0 Å². The van der Waals surface area contributed by atoms with E-state index in [1.807, 2.05) is 32.2 Å². The molecular formula is C17H23ClN4S. The SMILES string of the molecule is CCNC(=NCCc1cccc(Cl)c1)N(C)Cc1csc(C)n1. The van der Waals surface area contributed by atoms with Gasteiger partial charge in [-0.1, -0.05) is 23.7 Å². The van der Waals surface area contributed by atoms with E-state index in [1.165, 1.54) is 5.56 Å². The first-order valence-electron chi connectivity index (χ1n) is 7.73. The second kappa shape index (κ2) is 8.89. The summed E-state index contributed by atoms with van der Waals surface area (Å²) in [6.45, 7) is 6.43. The third-order valence-corrected chi connectivity index (χ3v) is 4.37. The molecular weight excluding hydrogens is 328 g/mol. The number of rotatable bonds is 6. The summed E-state index contributed by atoms with van der Waals surface area (Å²) in [4.78, 5) is 11.3. The molecule has 0 radical (unpaired) electrons. The molecule has 1 aromatic heterocycles. The van der Waals surface area contributed by atoms with Crippen LogP contribution in [0.4, 0.5) is 0 Å². The smallest absolute Gasteiger partial charge is 0.194 e. The molecule has 23 heavy (non-hydrogen) atoms. The number of halogens is 1. The Balaban J connectivity index is 1.95. The van der Waals surface area contributed by atoms with E-state index in [0.29, 0.717) is 0 Å². The highest BCUT2D eigenvalue weighted by Crippen LogP contribution is 2.12. The Labute approximate surface area is 147 Å². The van der Waals surface area contributed by atoms with Gasteiger partial charge in [-0.15, -0.1) is 11.3 Å². The minimum absolute atomic E-state index is 0.725. The van der Waals surface area contributed by atoms with E-state index in [1.54, 1.807) is 11.3 Å². The summed E-state index contributed by atoms with van der Waals surface area (Å²) < 4.78 is 0. The fourth-order valence-corrected chi connectivity index (χ4v) is 3.07. The molecule has 1 heterocycles. The molecule has 0 amide bonds. The third-order valence-electron chi connectivity index (χ3n) is 3.31.